The highest BCUT2D eigenvalue weighted by molar-refractivity contribution is 5.15. The normalized spacial score (nSPS) is 10.8. The molecule has 1 N–H and O–H groups in total. The van der Waals surface area contributed by atoms with Gasteiger partial charge in [0.05, 0.1) is 18.7 Å². The van der Waals surface area contributed by atoms with Crippen LogP contribution in [0.15, 0.2) is 29.2 Å². The molecule has 0 bridgehead atoms. The third kappa shape index (κ3) is 2.27. The Morgan fingerprint density at radius 1 is 1.47 bits per heavy atom. The van der Waals surface area contributed by atoms with Gasteiger partial charge in [0, 0.05) is 37.0 Å². The maximum absolute atomic E-state index is 4.99. The SMILES string of the molecule is Cc1c(CNCc2ccoc2)cnn1C. The summed E-state index contributed by atoms with van der Waals surface area (Å²) in [5.74, 6) is 0. The zero-order chi connectivity index (χ0) is 10.7. The molecule has 0 saturated carbocycles. The van der Waals surface area contributed by atoms with Crippen LogP contribution in [0, 0.1) is 6.92 Å². The molecule has 0 atom stereocenters. The third-order valence-corrected chi connectivity index (χ3v) is 2.56. The summed E-state index contributed by atoms with van der Waals surface area (Å²) in [5.41, 5.74) is 3.60. The Balaban J connectivity index is 1.86. The van der Waals surface area contributed by atoms with E-state index in [2.05, 4.69) is 17.3 Å². The number of rotatable bonds is 4. The maximum Gasteiger partial charge on any atom is 0.0947 e. The van der Waals surface area contributed by atoms with E-state index in [-0.39, 0.29) is 0 Å². The van der Waals surface area contributed by atoms with E-state index >= 15 is 0 Å². The molecule has 0 aliphatic heterocycles. The van der Waals surface area contributed by atoms with Crippen molar-refractivity contribution in [1.29, 1.82) is 0 Å². The summed E-state index contributed by atoms with van der Waals surface area (Å²) in [6.07, 6.45) is 5.34. The van der Waals surface area contributed by atoms with Gasteiger partial charge in [-0.25, -0.2) is 0 Å². The smallest absolute Gasteiger partial charge is 0.0947 e. The van der Waals surface area contributed by atoms with Crippen molar-refractivity contribution in [1.82, 2.24) is 15.1 Å². The first kappa shape index (κ1) is 9.98. The minimum Gasteiger partial charge on any atom is -0.472 e. The predicted molar refractivity (Wildman–Crippen MR) is 57.2 cm³/mol. The molecule has 2 aromatic rings. The lowest BCUT2D eigenvalue weighted by molar-refractivity contribution is 0.560. The van der Waals surface area contributed by atoms with Crippen molar-refractivity contribution < 1.29 is 4.42 Å². The van der Waals surface area contributed by atoms with E-state index in [9.17, 15) is 0 Å². The second kappa shape index (κ2) is 4.31. The number of hydrogen-bond donors (Lipinski definition) is 1. The Labute approximate surface area is 88.9 Å². The fourth-order valence-corrected chi connectivity index (χ4v) is 1.45. The van der Waals surface area contributed by atoms with E-state index in [1.807, 2.05) is 24.0 Å². The van der Waals surface area contributed by atoms with E-state index in [4.69, 9.17) is 4.42 Å². The van der Waals surface area contributed by atoms with Crippen molar-refractivity contribution in [2.24, 2.45) is 7.05 Å². The Morgan fingerprint density at radius 2 is 2.33 bits per heavy atom. The highest BCUT2D eigenvalue weighted by Gasteiger charge is 2.02. The van der Waals surface area contributed by atoms with Gasteiger partial charge >= 0.3 is 0 Å². The molecule has 2 aromatic heterocycles. The molecule has 0 amide bonds. The minimum absolute atomic E-state index is 0.824. The molecular weight excluding hydrogens is 190 g/mol. The largest absolute Gasteiger partial charge is 0.472 e. The van der Waals surface area contributed by atoms with Crippen LogP contribution in [-0.4, -0.2) is 9.78 Å². The topological polar surface area (TPSA) is 43.0 Å². The molecule has 0 unspecified atom stereocenters. The number of nitrogens with zero attached hydrogens (tertiary/aromatic N) is 2. The van der Waals surface area contributed by atoms with Crippen LogP contribution < -0.4 is 5.32 Å². The van der Waals surface area contributed by atoms with Gasteiger partial charge in [0.1, 0.15) is 0 Å². The molecule has 0 radical (unpaired) electrons. The number of nitrogens with one attached hydrogen (secondary N) is 1. The molecule has 2 heterocycles. The van der Waals surface area contributed by atoms with Crippen LogP contribution in [0.3, 0.4) is 0 Å². The molecule has 4 nitrogen and oxygen atoms in total. The fourth-order valence-electron chi connectivity index (χ4n) is 1.45. The summed E-state index contributed by atoms with van der Waals surface area (Å²) >= 11 is 0. The van der Waals surface area contributed by atoms with Crippen LogP contribution >= 0.6 is 0 Å². The Bertz CT molecular complexity index is 417. The first-order valence-electron chi connectivity index (χ1n) is 4.96. The highest BCUT2D eigenvalue weighted by atomic mass is 16.3. The summed E-state index contributed by atoms with van der Waals surface area (Å²) in [7, 11) is 1.95. The summed E-state index contributed by atoms with van der Waals surface area (Å²) in [6.45, 7) is 3.73. The lowest BCUT2D eigenvalue weighted by Gasteiger charge is -2.02. The second-order valence-electron chi connectivity index (χ2n) is 3.61. The summed E-state index contributed by atoms with van der Waals surface area (Å²) in [4.78, 5) is 0. The molecule has 4 heteroatoms. The minimum atomic E-state index is 0.824. The Morgan fingerprint density at radius 3 is 2.93 bits per heavy atom. The zero-order valence-electron chi connectivity index (χ0n) is 9.03. The van der Waals surface area contributed by atoms with E-state index < -0.39 is 0 Å². The molecule has 15 heavy (non-hydrogen) atoms. The van der Waals surface area contributed by atoms with Gasteiger partial charge in [-0.05, 0) is 13.0 Å². The van der Waals surface area contributed by atoms with Crippen molar-refractivity contribution in [3.8, 4) is 0 Å². The van der Waals surface area contributed by atoms with Gasteiger partial charge in [-0.15, -0.1) is 0 Å². The van der Waals surface area contributed by atoms with Crippen LogP contribution in [0.1, 0.15) is 16.8 Å². The highest BCUT2D eigenvalue weighted by Crippen LogP contribution is 2.05. The van der Waals surface area contributed by atoms with Gasteiger partial charge in [-0.1, -0.05) is 0 Å². The van der Waals surface area contributed by atoms with E-state index in [1.165, 1.54) is 11.3 Å². The van der Waals surface area contributed by atoms with Gasteiger partial charge in [0.25, 0.3) is 0 Å². The quantitative estimate of drug-likeness (QED) is 0.824. The molecule has 0 aliphatic rings. The first-order valence-corrected chi connectivity index (χ1v) is 4.96. The number of furan rings is 1. The third-order valence-electron chi connectivity index (χ3n) is 2.56. The van der Waals surface area contributed by atoms with E-state index in [1.54, 1.807) is 12.5 Å². The first-order chi connectivity index (χ1) is 7.27. The predicted octanol–water partition coefficient (Wildman–Crippen LogP) is 1.61. The molecule has 2 rings (SSSR count). The van der Waals surface area contributed by atoms with Gasteiger partial charge in [0.2, 0.25) is 0 Å². The van der Waals surface area contributed by atoms with Crippen molar-refractivity contribution in [3.63, 3.8) is 0 Å². The second-order valence-corrected chi connectivity index (χ2v) is 3.61. The zero-order valence-corrected chi connectivity index (χ0v) is 9.03. The summed E-state index contributed by atoms with van der Waals surface area (Å²) < 4.78 is 6.87. The molecule has 0 aliphatic carbocycles. The van der Waals surface area contributed by atoms with E-state index in [0.717, 1.165) is 18.7 Å². The Kier molecular flexibility index (Phi) is 2.87. The van der Waals surface area contributed by atoms with Crippen molar-refractivity contribution in [2.75, 3.05) is 0 Å². The van der Waals surface area contributed by atoms with Crippen LogP contribution in [0.2, 0.25) is 0 Å². The molecule has 0 saturated heterocycles. The number of hydrogen-bond acceptors (Lipinski definition) is 3. The molecular formula is C11H15N3O. The molecule has 0 fully saturated rings. The van der Waals surface area contributed by atoms with E-state index in [0.29, 0.717) is 0 Å². The summed E-state index contributed by atoms with van der Waals surface area (Å²) in [6, 6.07) is 1.96. The number of aromatic nitrogens is 2. The Hall–Kier alpha value is -1.55. The summed E-state index contributed by atoms with van der Waals surface area (Å²) in [5, 5.41) is 7.53. The van der Waals surface area contributed by atoms with Crippen LogP contribution in [0.5, 0.6) is 0 Å². The standard InChI is InChI=1S/C11H15N3O/c1-9-11(7-13-14(9)2)6-12-5-10-3-4-15-8-10/h3-4,7-8,12H,5-6H2,1-2H3. The molecule has 0 spiro atoms. The van der Waals surface area contributed by atoms with Gasteiger partial charge in [-0.2, -0.15) is 5.10 Å². The average Bonchev–Trinajstić information content (AvgIpc) is 2.83. The van der Waals surface area contributed by atoms with Gasteiger partial charge in [0.15, 0.2) is 0 Å². The lowest BCUT2D eigenvalue weighted by Crippen LogP contribution is -2.12. The molecule has 80 valence electrons. The number of aryl methyl sites for hydroxylation is 1. The van der Waals surface area contributed by atoms with Crippen LogP contribution in [-0.2, 0) is 20.1 Å². The monoisotopic (exact) mass is 205 g/mol. The van der Waals surface area contributed by atoms with Crippen molar-refractivity contribution >= 4 is 0 Å². The van der Waals surface area contributed by atoms with Crippen LogP contribution in [0.25, 0.3) is 0 Å². The van der Waals surface area contributed by atoms with Gasteiger partial charge in [-0.3, -0.25) is 4.68 Å². The molecule has 0 aromatic carbocycles. The average molecular weight is 205 g/mol. The van der Waals surface area contributed by atoms with Crippen molar-refractivity contribution in [3.05, 3.63) is 41.6 Å². The van der Waals surface area contributed by atoms with Crippen LogP contribution in [0.4, 0.5) is 0 Å². The van der Waals surface area contributed by atoms with Crippen molar-refractivity contribution in [2.45, 2.75) is 20.0 Å². The lowest BCUT2D eigenvalue weighted by atomic mass is 10.2. The van der Waals surface area contributed by atoms with Gasteiger partial charge < -0.3 is 9.73 Å². The fraction of sp³-hybridized carbons (Fsp3) is 0.364. The maximum atomic E-state index is 4.99.